The molecule has 0 heterocycles. The fraction of sp³-hybridized carbons (Fsp3) is 0.941. The van der Waals surface area contributed by atoms with Crippen molar-refractivity contribution >= 4 is 5.97 Å². The van der Waals surface area contributed by atoms with Gasteiger partial charge in [0, 0.05) is 6.42 Å². The average Bonchev–Trinajstić information content (AvgIpc) is 2.38. The van der Waals surface area contributed by atoms with Gasteiger partial charge in [0.05, 0.1) is 6.61 Å². The molecule has 0 rings (SSSR count). The molecule has 0 aliphatic carbocycles. The van der Waals surface area contributed by atoms with Crippen molar-refractivity contribution in [1.82, 2.24) is 0 Å². The average molecular weight is 270 g/mol. The molecule has 0 aromatic heterocycles. The Hall–Kier alpha value is -0.530. The largest absolute Gasteiger partial charge is 0.466 e. The molecular formula is C17H34O2. The molecule has 0 unspecified atom stereocenters. The van der Waals surface area contributed by atoms with Crippen LogP contribution in [0.1, 0.15) is 91.4 Å². The minimum absolute atomic E-state index is 0.0180. The van der Waals surface area contributed by atoms with Crippen molar-refractivity contribution in [3.8, 4) is 0 Å². The van der Waals surface area contributed by atoms with Crippen LogP contribution < -0.4 is 0 Å². The maximum Gasteiger partial charge on any atom is 0.305 e. The number of hydrogen-bond donors (Lipinski definition) is 0. The normalized spacial score (nSPS) is 10.9. The van der Waals surface area contributed by atoms with Crippen molar-refractivity contribution in [2.24, 2.45) is 5.92 Å². The van der Waals surface area contributed by atoms with E-state index in [0.29, 0.717) is 13.0 Å². The molecule has 0 aromatic rings. The van der Waals surface area contributed by atoms with Crippen LogP contribution >= 0.6 is 0 Å². The number of esters is 1. The zero-order chi connectivity index (χ0) is 14.3. The summed E-state index contributed by atoms with van der Waals surface area (Å²) in [6.07, 6.45) is 13.2. The van der Waals surface area contributed by atoms with E-state index in [1.807, 2.05) is 6.92 Å². The first-order valence-corrected chi connectivity index (χ1v) is 8.32. The lowest BCUT2D eigenvalue weighted by Gasteiger charge is -2.05. The predicted molar refractivity (Wildman–Crippen MR) is 82.3 cm³/mol. The topological polar surface area (TPSA) is 26.3 Å². The Labute approximate surface area is 120 Å². The summed E-state index contributed by atoms with van der Waals surface area (Å²) in [6, 6.07) is 0. The van der Waals surface area contributed by atoms with Gasteiger partial charge in [0.1, 0.15) is 0 Å². The predicted octanol–water partition coefficient (Wildman–Crippen LogP) is 5.50. The second-order valence-electron chi connectivity index (χ2n) is 5.98. The van der Waals surface area contributed by atoms with Crippen molar-refractivity contribution in [2.75, 3.05) is 6.61 Å². The summed E-state index contributed by atoms with van der Waals surface area (Å²) in [5, 5.41) is 0. The second kappa shape index (κ2) is 13.9. The van der Waals surface area contributed by atoms with E-state index in [4.69, 9.17) is 4.74 Å². The monoisotopic (exact) mass is 270 g/mol. The van der Waals surface area contributed by atoms with Crippen molar-refractivity contribution in [3.63, 3.8) is 0 Å². The number of unbranched alkanes of at least 4 members (excludes halogenated alkanes) is 7. The van der Waals surface area contributed by atoms with Gasteiger partial charge in [-0.25, -0.2) is 0 Å². The zero-order valence-electron chi connectivity index (χ0n) is 13.4. The first-order valence-electron chi connectivity index (χ1n) is 8.32. The van der Waals surface area contributed by atoms with E-state index in [-0.39, 0.29) is 5.97 Å². The van der Waals surface area contributed by atoms with Gasteiger partial charge in [0.2, 0.25) is 0 Å². The first-order chi connectivity index (χ1) is 9.16. The highest BCUT2D eigenvalue weighted by Gasteiger charge is 2.01. The summed E-state index contributed by atoms with van der Waals surface area (Å²) in [6.45, 7) is 7.20. The molecule has 0 amide bonds. The Balaban J connectivity index is 3.08. The molecule has 0 saturated heterocycles. The van der Waals surface area contributed by atoms with Crippen LogP contribution in [0.4, 0.5) is 0 Å². The highest BCUT2D eigenvalue weighted by Crippen LogP contribution is 2.13. The van der Waals surface area contributed by atoms with Gasteiger partial charge in [0.25, 0.3) is 0 Å². The highest BCUT2D eigenvalue weighted by molar-refractivity contribution is 5.69. The number of ether oxygens (including phenoxy) is 1. The van der Waals surface area contributed by atoms with Crippen LogP contribution in [0.3, 0.4) is 0 Å². The van der Waals surface area contributed by atoms with E-state index < -0.39 is 0 Å². The van der Waals surface area contributed by atoms with Crippen LogP contribution in [-0.4, -0.2) is 12.6 Å². The number of carbonyl (C=O) groups is 1. The van der Waals surface area contributed by atoms with Crippen molar-refractivity contribution in [2.45, 2.75) is 91.4 Å². The van der Waals surface area contributed by atoms with Crippen LogP contribution in [0, 0.1) is 5.92 Å². The van der Waals surface area contributed by atoms with Crippen molar-refractivity contribution in [3.05, 3.63) is 0 Å². The fourth-order valence-electron chi connectivity index (χ4n) is 2.17. The van der Waals surface area contributed by atoms with Gasteiger partial charge >= 0.3 is 5.97 Å². The lowest BCUT2D eigenvalue weighted by Crippen LogP contribution is -2.04. The van der Waals surface area contributed by atoms with Crippen LogP contribution in [0.5, 0.6) is 0 Å². The van der Waals surface area contributed by atoms with Gasteiger partial charge in [-0.15, -0.1) is 0 Å². The third-order valence-electron chi connectivity index (χ3n) is 3.38. The summed E-state index contributed by atoms with van der Waals surface area (Å²) in [5.74, 6) is 0.836. The minimum atomic E-state index is -0.0180. The quantitative estimate of drug-likeness (QED) is 0.326. The summed E-state index contributed by atoms with van der Waals surface area (Å²) >= 11 is 0. The molecule has 0 saturated carbocycles. The molecule has 0 aromatic carbocycles. The zero-order valence-corrected chi connectivity index (χ0v) is 13.4. The Morgan fingerprint density at radius 3 is 1.95 bits per heavy atom. The molecule has 0 fully saturated rings. The van der Waals surface area contributed by atoms with Crippen molar-refractivity contribution in [1.29, 1.82) is 0 Å². The van der Waals surface area contributed by atoms with E-state index in [1.165, 1.54) is 51.4 Å². The highest BCUT2D eigenvalue weighted by atomic mass is 16.5. The summed E-state index contributed by atoms with van der Waals surface area (Å²) in [7, 11) is 0. The lowest BCUT2D eigenvalue weighted by atomic mass is 10.0. The number of rotatable bonds is 13. The Morgan fingerprint density at radius 2 is 1.42 bits per heavy atom. The molecule has 0 radical (unpaired) electrons. The molecular weight excluding hydrogens is 236 g/mol. The summed E-state index contributed by atoms with van der Waals surface area (Å²) < 4.78 is 5.04. The standard InChI is InChI=1S/C17H34O2/c1-4-15-19-17(18)14-12-10-8-6-5-7-9-11-13-16(2)3/h16H,4-15H2,1-3H3. The molecule has 0 bridgehead atoms. The summed E-state index contributed by atoms with van der Waals surface area (Å²) in [5.41, 5.74) is 0. The molecule has 2 heteroatoms. The lowest BCUT2D eigenvalue weighted by molar-refractivity contribution is -0.143. The SMILES string of the molecule is CCCOC(=O)CCCCCCCCCCC(C)C. The van der Waals surface area contributed by atoms with Crippen LogP contribution in [0.25, 0.3) is 0 Å². The van der Waals surface area contributed by atoms with Gasteiger partial charge in [-0.1, -0.05) is 72.1 Å². The third kappa shape index (κ3) is 15.4. The first kappa shape index (κ1) is 18.5. The third-order valence-corrected chi connectivity index (χ3v) is 3.38. The van der Waals surface area contributed by atoms with Gasteiger partial charge in [0.15, 0.2) is 0 Å². The molecule has 114 valence electrons. The molecule has 2 nitrogen and oxygen atoms in total. The van der Waals surface area contributed by atoms with Crippen LogP contribution in [0.15, 0.2) is 0 Å². The van der Waals surface area contributed by atoms with Gasteiger partial charge in [-0.3, -0.25) is 4.79 Å². The molecule has 19 heavy (non-hydrogen) atoms. The molecule has 0 aliphatic heterocycles. The van der Waals surface area contributed by atoms with Gasteiger partial charge in [-0.05, 0) is 18.8 Å². The minimum Gasteiger partial charge on any atom is -0.466 e. The Bertz CT molecular complexity index is 199. The fourth-order valence-corrected chi connectivity index (χ4v) is 2.17. The van der Waals surface area contributed by atoms with E-state index in [9.17, 15) is 4.79 Å². The molecule has 0 N–H and O–H groups in total. The van der Waals surface area contributed by atoms with E-state index in [0.717, 1.165) is 18.8 Å². The van der Waals surface area contributed by atoms with E-state index in [1.54, 1.807) is 0 Å². The molecule has 0 atom stereocenters. The molecule has 0 aliphatic rings. The number of carbonyl (C=O) groups excluding carboxylic acids is 1. The van der Waals surface area contributed by atoms with Gasteiger partial charge < -0.3 is 4.74 Å². The van der Waals surface area contributed by atoms with Crippen molar-refractivity contribution < 1.29 is 9.53 Å². The Morgan fingerprint density at radius 1 is 0.895 bits per heavy atom. The maximum absolute atomic E-state index is 11.2. The Kier molecular flexibility index (Phi) is 13.5. The molecule has 0 spiro atoms. The smallest absolute Gasteiger partial charge is 0.305 e. The van der Waals surface area contributed by atoms with Crippen LogP contribution in [0.2, 0.25) is 0 Å². The number of hydrogen-bond acceptors (Lipinski definition) is 2. The van der Waals surface area contributed by atoms with E-state index >= 15 is 0 Å². The summed E-state index contributed by atoms with van der Waals surface area (Å²) in [4.78, 5) is 11.2. The van der Waals surface area contributed by atoms with Crippen LogP contribution in [-0.2, 0) is 9.53 Å². The maximum atomic E-state index is 11.2. The second-order valence-corrected chi connectivity index (χ2v) is 5.98. The van der Waals surface area contributed by atoms with E-state index in [2.05, 4.69) is 13.8 Å². The van der Waals surface area contributed by atoms with Gasteiger partial charge in [-0.2, -0.15) is 0 Å².